The Kier molecular flexibility index (Phi) is 6.71. The molecule has 0 unspecified atom stereocenters. The lowest BCUT2D eigenvalue weighted by Crippen LogP contribution is -2.15. The standard InChI is InChI=1S/C19H17ClF2N4O2S/c1-11-7-12(20)3-6-16(11)28-9-17-24-25-19(26(17)2)29-10-18(27)23-15-5-4-13(21)8-14(15)22/h3-8H,9-10H2,1-2H3,(H,23,27). The van der Waals surface area contributed by atoms with E-state index in [0.717, 1.165) is 23.4 Å². The van der Waals surface area contributed by atoms with Gasteiger partial charge in [0, 0.05) is 18.1 Å². The number of anilines is 1. The van der Waals surface area contributed by atoms with Crippen molar-refractivity contribution in [3.63, 3.8) is 0 Å². The van der Waals surface area contributed by atoms with Gasteiger partial charge in [0.05, 0.1) is 11.4 Å². The summed E-state index contributed by atoms with van der Waals surface area (Å²) in [7, 11) is 1.76. The van der Waals surface area contributed by atoms with Gasteiger partial charge in [-0.3, -0.25) is 4.79 Å². The van der Waals surface area contributed by atoms with Gasteiger partial charge in [-0.15, -0.1) is 10.2 Å². The highest BCUT2D eigenvalue weighted by Crippen LogP contribution is 2.23. The minimum atomic E-state index is -0.834. The summed E-state index contributed by atoms with van der Waals surface area (Å²) in [5.41, 5.74) is 0.821. The molecular weight excluding hydrogens is 422 g/mol. The third kappa shape index (κ3) is 5.45. The van der Waals surface area contributed by atoms with Crippen molar-refractivity contribution in [1.82, 2.24) is 14.8 Å². The Labute approximate surface area is 175 Å². The molecule has 0 atom stereocenters. The molecule has 0 saturated carbocycles. The second-order valence-electron chi connectivity index (χ2n) is 6.12. The molecule has 0 spiro atoms. The third-order valence-electron chi connectivity index (χ3n) is 3.96. The molecule has 0 aliphatic carbocycles. The number of nitrogens with one attached hydrogen (secondary N) is 1. The molecule has 29 heavy (non-hydrogen) atoms. The number of carbonyl (C=O) groups is 1. The van der Waals surface area contributed by atoms with E-state index in [0.29, 0.717) is 27.8 Å². The first kappa shape index (κ1) is 21.1. The van der Waals surface area contributed by atoms with Crippen molar-refractivity contribution in [1.29, 1.82) is 0 Å². The summed E-state index contributed by atoms with van der Waals surface area (Å²) in [6, 6.07) is 8.28. The van der Waals surface area contributed by atoms with Crippen LogP contribution in [0.15, 0.2) is 41.6 Å². The molecule has 0 aliphatic rings. The molecule has 1 amide bonds. The first-order valence-corrected chi connectivity index (χ1v) is 9.85. The topological polar surface area (TPSA) is 69.0 Å². The Balaban J connectivity index is 1.55. The molecule has 152 valence electrons. The summed E-state index contributed by atoms with van der Waals surface area (Å²) in [5, 5.41) is 11.6. The van der Waals surface area contributed by atoms with Gasteiger partial charge in [-0.05, 0) is 42.8 Å². The minimum absolute atomic E-state index is 0.0139. The van der Waals surface area contributed by atoms with Crippen LogP contribution in [0.2, 0.25) is 5.02 Å². The maximum Gasteiger partial charge on any atom is 0.234 e. The Bertz CT molecular complexity index is 1050. The van der Waals surface area contributed by atoms with Crippen LogP contribution in [0, 0.1) is 18.6 Å². The van der Waals surface area contributed by atoms with Crippen LogP contribution in [0.25, 0.3) is 0 Å². The average Bonchev–Trinajstić information content (AvgIpc) is 3.01. The summed E-state index contributed by atoms with van der Waals surface area (Å²) >= 11 is 7.07. The van der Waals surface area contributed by atoms with Crippen molar-refractivity contribution < 1.29 is 18.3 Å². The zero-order valence-electron chi connectivity index (χ0n) is 15.6. The van der Waals surface area contributed by atoms with E-state index < -0.39 is 17.5 Å². The number of nitrogens with zero attached hydrogens (tertiary/aromatic N) is 3. The molecule has 10 heteroatoms. The molecule has 1 N–H and O–H groups in total. The van der Waals surface area contributed by atoms with E-state index in [1.807, 2.05) is 6.92 Å². The minimum Gasteiger partial charge on any atom is -0.485 e. The zero-order chi connectivity index (χ0) is 21.0. The Morgan fingerprint density at radius 3 is 2.76 bits per heavy atom. The molecule has 0 radical (unpaired) electrons. The first-order chi connectivity index (χ1) is 13.8. The number of benzene rings is 2. The molecule has 0 fully saturated rings. The van der Waals surface area contributed by atoms with Gasteiger partial charge in [0.2, 0.25) is 5.91 Å². The van der Waals surface area contributed by atoms with Crippen molar-refractivity contribution >= 4 is 35.0 Å². The molecular formula is C19H17ClF2N4O2S. The first-order valence-electron chi connectivity index (χ1n) is 8.48. The number of thioether (sulfide) groups is 1. The fourth-order valence-electron chi connectivity index (χ4n) is 2.42. The summed E-state index contributed by atoms with van der Waals surface area (Å²) in [4.78, 5) is 12.0. The van der Waals surface area contributed by atoms with Crippen LogP contribution in [0.5, 0.6) is 5.75 Å². The highest BCUT2D eigenvalue weighted by molar-refractivity contribution is 7.99. The number of aryl methyl sites for hydroxylation is 1. The lowest BCUT2D eigenvalue weighted by atomic mass is 10.2. The summed E-state index contributed by atoms with van der Waals surface area (Å²) in [5.74, 6) is -0.742. The normalized spacial score (nSPS) is 10.8. The van der Waals surface area contributed by atoms with Gasteiger partial charge in [0.1, 0.15) is 24.0 Å². The second kappa shape index (κ2) is 9.23. The average molecular weight is 439 g/mol. The molecule has 0 bridgehead atoms. The maximum atomic E-state index is 13.6. The van der Waals surface area contributed by atoms with Crippen molar-refractivity contribution in [3.05, 3.63) is 64.4 Å². The van der Waals surface area contributed by atoms with Gasteiger partial charge < -0.3 is 14.6 Å². The fraction of sp³-hybridized carbons (Fsp3) is 0.211. The van der Waals surface area contributed by atoms with Crippen LogP contribution in [-0.4, -0.2) is 26.4 Å². The van der Waals surface area contributed by atoms with Crippen molar-refractivity contribution in [2.45, 2.75) is 18.7 Å². The maximum absolute atomic E-state index is 13.6. The van der Waals surface area contributed by atoms with Gasteiger partial charge in [-0.1, -0.05) is 23.4 Å². The predicted octanol–water partition coefficient (Wildman–Crippen LogP) is 4.36. The second-order valence-corrected chi connectivity index (χ2v) is 7.50. The molecule has 0 saturated heterocycles. The fourth-order valence-corrected chi connectivity index (χ4v) is 3.38. The van der Waals surface area contributed by atoms with Crippen LogP contribution in [0.3, 0.4) is 0 Å². The molecule has 6 nitrogen and oxygen atoms in total. The van der Waals surface area contributed by atoms with Crippen LogP contribution < -0.4 is 10.1 Å². The molecule has 3 aromatic rings. The van der Waals surface area contributed by atoms with Gasteiger partial charge in [0.15, 0.2) is 11.0 Å². The van der Waals surface area contributed by atoms with Crippen molar-refractivity contribution in [2.75, 3.05) is 11.1 Å². The van der Waals surface area contributed by atoms with E-state index in [9.17, 15) is 13.6 Å². The van der Waals surface area contributed by atoms with Gasteiger partial charge >= 0.3 is 0 Å². The summed E-state index contributed by atoms with van der Waals surface area (Å²) < 4.78 is 34.0. The zero-order valence-corrected chi connectivity index (χ0v) is 17.2. The summed E-state index contributed by atoms with van der Waals surface area (Å²) in [6.45, 7) is 2.08. The number of carbonyl (C=O) groups excluding carboxylic acids is 1. The third-order valence-corrected chi connectivity index (χ3v) is 5.21. The van der Waals surface area contributed by atoms with Crippen LogP contribution >= 0.6 is 23.4 Å². The highest BCUT2D eigenvalue weighted by atomic mass is 35.5. The van der Waals surface area contributed by atoms with Gasteiger partial charge in [-0.25, -0.2) is 8.78 Å². The van der Waals surface area contributed by atoms with Crippen molar-refractivity contribution in [2.24, 2.45) is 7.05 Å². The Hall–Kier alpha value is -2.65. The quantitative estimate of drug-likeness (QED) is 0.555. The van der Waals surface area contributed by atoms with Crippen LogP contribution in [0.1, 0.15) is 11.4 Å². The highest BCUT2D eigenvalue weighted by Gasteiger charge is 2.14. The van der Waals surface area contributed by atoms with Gasteiger partial charge in [0.25, 0.3) is 0 Å². The number of halogens is 3. The number of hydrogen-bond donors (Lipinski definition) is 1. The molecule has 1 aromatic heterocycles. The lowest BCUT2D eigenvalue weighted by molar-refractivity contribution is -0.113. The number of rotatable bonds is 7. The molecule has 1 heterocycles. The lowest BCUT2D eigenvalue weighted by Gasteiger charge is -2.09. The Morgan fingerprint density at radius 1 is 1.24 bits per heavy atom. The van der Waals surface area contributed by atoms with E-state index in [1.165, 1.54) is 6.07 Å². The van der Waals surface area contributed by atoms with E-state index in [1.54, 1.807) is 29.8 Å². The number of ether oxygens (including phenoxy) is 1. The van der Waals surface area contributed by atoms with E-state index >= 15 is 0 Å². The SMILES string of the molecule is Cc1cc(Cl)ccc1OCc1nnc(SCC(=O)Nc2ccc(F)cc2F)n1C. The molecule has 2 aromatic carbocycles. The number of aromatic nitrogens is 3. The Morgan fingerprint density at radius 2 is 2.03 bits per heavy atom. The van der Waals surface area contributed by atoms with Gasteiger partial charge in [-0.2, -0.15) is 0 Å². The monoisotopic (exact) mass is 438 g/mol. The largest absolute Gasteiger partial charge is 0.485 e. The van der Waals surface area contributed by atoms with Crippen molar-refractivity contribution in [3.8, 4) is 5.75 Å². The van der Waals surface area contributed by atoms with Crippen LogP contribution in [0.4, 0.5) is 14.5 Å². The molecule has 0 aliphatic heterocycles. The smallest absolute Gasteiger partial charge is 0.234 e. The predicted molar refractivity (Wildman–Crippen MR) is 107 cm³/mol. The molecule has 3 rings (SSSR count). The van der Waals surface area contributed by atoms with E-state index in [4.69, 9.17) is 16.3 Å². The van der Waals surface area contributed by atoms with E-state index in [-0.39, 0.29) is 18.0 Å². The number of amides is 1. The van der Waals surface area contributed by atoms with Crippen LogP contribution in [-0.2, 0) is 18.4 Å². The number of hydrogen-bond acceptors (Lipinski definition) is 5. The van der Waals surface area contributed by atoms with E-state index in [2.05, 4.69) is 15.5 Å². The summed E-state index contributed by atoms with van der Waals surface area (Å²) in [6.07, 6.45) is 0.